The lowest BCUT2D eigenvalue weighted by Gasteiger charge is -2.14. The van der Waals surface area contributed by atoms with Crippen molar-refractivity contribution < 1.29 is 9.53 Å². The largest absolute Gasteiger partial charge is 0.467 e. The molecular formula is C12H14N2O2. The Hall–Kier alpha value is -2.02. The first-order valence-electron chi connectivity index (χ1n) is 4.94. The molecule has 1 unspecified atom stereocenters. The third-order valence-electron chi connectivity index (χ3n) is 2.31. The van der Waals surface area contributed by atoms with Gasteiger partial charge in [-0.25, -0.2) is 4.79 Å². The molecule has 0 aliphatic carbocycles. The lowest BCUT2D eigenvalue weighted by molar-refractivity contribution is -0.141. The fraction of sp³-hybridized carbons (Fsp3) is 0.333. The van der Waals surface area contributed by atoms with E-state index in [0.717, 1.165) is 5.56 Å². The van der Waals surface area contributed by atoms with Crippen LogP contribution in [-0.4, -0.2) is 19.1 Å². The van der Waals surface area contributed by atoms with Crippen molar-refractivity contribution in [3.8, 4) is 6.07 Å². The van der Waals surface area contributed by atoms with Crippen molar-refractivity contribution in [1.82, 2.24) is 0 Å². The molecule has 1 rings (SSSR count). The summed E-state index contributed by atoms with van der Waals surface area (Å²) in [5.74, 6) is -0.356. The number of esters is 1. The highest BCUT2D eigenvalue weighted by molar-refractivity contribution is 5.79. The van der Waals surface area contributed by atoms with Crippen molar-refractivity contribution in [3.05, 3.63) is 29.3 Å². The Morgan fingerprint density at radius 3 is 2.81 bits per heavy atom. The highest BCUT2D eigenvalue weighted by Crippen LogP contribution is 2.19. The van der Waals surface area contributed by atoms with Gasteiger partial charge in [-0.15, -0.1) is 0 Å². The minimum atomic E-state index is -0.473. The van der Waals surface area contributed by atoms with Crippen molar-refractivity contribution in [3.63, 3.8) is 0 Å². The maximum absolute atomic E-state index is 11.2. The normalized spacial score (nSPS) is 11.4. The Bertz CT molecular complexity index is 435. The second-order valence-electron chi connectivity index (χ2n) is 3.50. The highest BCUT2D eigenvalue weighted by atomic mass is 16.5. The molecule has 0 heterocycles. The average molecular weight is 218 g/mol. The number of hydrogen-bond acceptors (Lipinski definition) is 4. The molecule has 4 heteroatoms. The Morgan fingerprint density at radius 1 is 1.56 bits per heavy atom. The first-order chi connectivity index (χ1) is 7.60. The van der Waals surface area contributed by atoms with Crippen LogP contribution >= 0.6 is 0 Å². The van der Waals surface area contributed by atoms with E-state index in [9.17, 15) is 4.79 Å². The topological polar surface area (TPSA) is 62.1 Å². The number of carbonyl (C=O) groups is 1. The second kappa shape index (κ2) is 5.17. The number of nitriles is 1. The van der Waals surface area contributed by atoms with Crippen LogP contribution < -0.4 is 5.32 Å². The molecule has 0 saturated heterocycles. The van der Waals surface area contributed by atoms with Crippen LogP contribution in [0.25, 0.3) is 0 Å². The zero-order chi connectivity index (χ0) is 12.1. The maximum atomic E-state index is 11.2. The van der Waals surface area contributed by atoms with Crippen LogP contribution in [0.3, 0.4) is 0 Å². The molecular weight excluding hydrogens is 204 g/mol. The summed E-state index contributed by atoms with van der Waals surface area (Å²) in [6.07, 6.45) is 0. The summed E-state index contributed by atoms with van der Waals surface area (Å²) in [5.41, 5.74) is 2.09. The smallest absolute Gasteiger partial charge is 0.327 e. The maximum Gasteiger partial charge on any atom is 0.327 e. The summed E-state index contributed by atoms with van der Waals surface area (Å²) in [4.78, 5) is 11.2. The third-order valence-corrected chi connectivity index (χ3v) is 2.31. The molecule has 0 amide bonds. The number of benzene rings is 1. The molecule has 1 aromatic carbocycles. The molecule has 0 fully saturated rings. The van der Waals surface area contributed by atoms with E-state index in [1.807, 2.05) is 19.1 Å². The van der Waals surface area contributed by atoms with Crippen molar-refractivity contribution in [1.29, 1.82) is 5.26 Å². The minimum Gasteiger partial charge on any atom is -0.467 e. The van der Waals surface area contributed by atoms with E-state index in [-0.39, 0.29) is 5.97 Å². The zero-order valence-electron chi connectivity index (χ0n) is 9.57. The summed E-state index contributed by atoms with van der Waals surface area (Å²) >= 11 is 0. The van der Waals surface area contributed by atoms with E-state index in [4.69, 9.17) is 5.26 Å². The van der Waals surface area contributed by atoms with Crippen molar-refractivity contribution in [2.45, 2.75) is 19.9 Å². The minimum absolute atomic E-state index is 0.356. The van der Waals surface area contributed by atoms with Gasteiger partial charge in [0.25, 0.3) is 0 Å². The molecule has 0 radical (unpaired) electrons. The SMILES string of the molecule is COC(=O)C(C)Nc1cccc(C)c1C#N. The number of ether oxygens (including phenoxy) is 1. The van der Waals surface area contributed by atoms with Gasteiger partial charge >= 0.3 is 5.97 Å². The molecule has 4 nitrogen and oxygen atoms in total. The highest BCUT2D eigenvalue weighted by Gasteiger charge is 2.14. The average Bonchev–Trinajstić information content (AvgIpc) is 2.28. The van der Waals surface area contributed by atoms with Crippen molar-refractivity contribution in [2.24, 2.45) is 0 Å². The van der Waals surface area contributed by atoms with E-state index in [1.165, 1.54) is 7.11 Å². The predicted octanol–water partition coefficient (Wildman–Crippen LogP) is 1.84. The molecule has 0 bridgehead atoms. The van der Waals surface area contributed by atoms with E-state index >= 15 is 0 Å². The molecule has 1 N–H and O–H groups in total. The van der Waals surface area contributed by atoms with Gasteiger partial charge in [0, 0.05) is 0 Å². The summed E-state index contributed by atoms with van der Waals surface area (Å²) in [7, 11) is 1.34. The first kappa shape index (κ1) is 12.1. The van der Waals surface area contributed by atoms with Crippen molar-refractivity contribution in [2.75, 3.05) is 12.4 Å². The number of nitrogens with one attached hydrogen (secondary N) is 1. The summed E-state index contributed by atoms with van der Waals surface area (Å²) in [6.45, 7) is 3.54. The first-order valence-corrected chi connectivity index (χ1v) is 4.94. The Balaban J connectivity index is 2.94. The molecule has 1 aromatic rings. The van der Waals surface area contributed by atoms with Gasteiger partial charge in [-0.3, -0.25) is 0 Å². The predicted molar refractivity (Wildman–Crippen MR) is 61.0 cm³/mol. The van der Waals surface area contributed by atoms with Crippen LogP contribution in [0.1, 0.15) is 18.1 Å². The van der Waals surface area contributed by atoms with Gasteiger partial charge in [0.1, 0.15) is 12.1 Å². The number of nitrogens with zero attached hydrogens (tertiary/aromatic N) is 1. The van der Waals surface area contributed by atoms with Crippen LogP contribution in [0.5, 0.6) is 0 Å². The lowest BCUT2D eigenvalue weighted by Crippen LogP contribution is -2.27. The summed E-state index contributed by atoms with van der Waals surface area (Å²) in [5, 5.41) is 12.0. The van der Waals surface area contributed by atoms with Gasteiger partial charge in [0.15, 0.2) is 0 Å². The van der Waals surface area contributed by atoms with E-state index in [0.29, 0.717) is 11.3 Å². The quantitative estimate of drug-likeness (QED) is 0.786. The Kier molecular flexibility index (Phi) is 3.90. The van der Waals surface area contributed by atoms with Gasteiger partial charge in [-0.05, 0) is 25.5 Å². The van der Waals surface area contributed by atoms with E-state index in [1.54, 1.807) is 13.0 Å². The summed E-state index contributed by atoms with van der Waals surface area (Å²) in [6, 6.07) is 7.10. The van der Waals surface area contributed by atoms with Crippen molar-refractivity contribution >= 4 is 11.7 Å². The Labute approximate surface area is 94.8 Å². The fourth-order valence-corrected chi connectivity index (χ4v) is 1.41. The lowest BCUT2D eigenvalue weighted by atomic mass is 10.1. The van der Waals surface area contributed by atoms with Gasteiger partial charge < -0.3 is 10.1 Å². The van der Waals surface area contributed by atoms with Crippen LogP contribution in [0.2, 0.25) is 0 Å². The van der Waals surface area contributed by atoms with Gasteiger partial charge in [-0.2, -0.15) is 5.26 Å². The third kappa shape index (κ3) is 2.51. The summed E-state index contributed by atoms with van der Waals surface area (Å²) < 4.78 is 4.60. The number of anilines is 1. The monoisotopic (exact) mass is 218 g/mol. The second-order valence-corrected chi connectivity index (χ2v) is 3.50. The van der Waals surface area contributed by atoms with Crippen LogP contribution in [0, 0.1) is 18.3 Å². The molecule has 1 atom stereocenters. The van der Waals surface area contributed by atoms with Gasteiger partial charge in [-0.1, -0.05) is 12.1 Å². The van der Waals surface area contributed by atoms with Crippen LogP contribution in [0.4, 0.5) is 5.69 Å². The van der Waals surface area contributed by atoms with Crippen LogP contribution in [-0.2, 0) is 9.53 Å². The van der Waals surface area contributed by atoms with Gasteiger partial charge in [0.2, 0.25) is 0 Å². The molecule has 0 aliphatic rings. The number of methoxy groups -OCH3 is 1. The molecule has 84 valence electrons. The standard InChI is InChI=1S/C12H14N2O2/c1-8-5-4-6-11(10(8)7-13)14-9(2)12(15)16-3/h4-6,9,14H,1-3H3. The van der Waals surface area contributed by atoms with E-state index < -0.39 is 6.04 Å². The van der Waals surface area contributed by atoms with Crippen LogP contribution in [0.15, 0.2) is 18.2 Å². The zero-order valence-corrected chi connectivity index (χ0v) is 9.57. The molecule has 0 aromatic heterocycles. The Morgan fingerprint density at radius 2 is 2.25 bits per heavy atom. The fourth-order valence-electron chi connectivity index (χ4n) is 1.41. The van der Waals surface area contributed by atoms with E-state index in [2.05, 4.69) is 16.1 Å². The molecule has 0 aliphatic heterocycles. The number of aryl methyl sites for hydroxylation is 1. The number of carbonyl (C=O) groups excluding carboxylic acids is 1. The number of rotatable bonds is 3. The molecule has 0 saturated carbocycles. The molecule has 16 heavy (non-hydrogen) atoms. The molecule has 0 spiro atoms. The van der Waals surface area contributed by atoms with Gasteiger partial charge in [0.05, 0.1) is 18.4 Å². The number of hydrogen-bond donors (Lipinski definition) is 1.